The Balaban J connectivity index is 2.15. The summed E-state index contributed by atoms with van der Waals surface area (Å²) in [6.07, 6.45) is 4.60. The predicted octanol–water partition coefficient (Wildman–Crippen LogP) is 2.09. The first-order chi connectivity index (χ1) is 9.15. The quantitative estimate of drug-likeness (QED) is 0.867. The Hall–Kier alpha value is -1.62. The van der Waals surface area contributed by atoms with Crippen molar-refractivity contribution in [2.24, 2.45) is 0 Å². The number of aliphatic hydroxyl groups is 1. The zero-order chi connectivity index (χ0) is 13.8. The normalized spacial score (nSPS) is 12.8. The second-order valence-corrected chi connectivity index (χ2v) is 4.82. The van der Waals surface area contributed by atoms with E-state index in [4.69, 9.17) is 0 Å². The van der Waals surface area contributed by atoms with Crippen molar-refractivity contribution in [1.82, 2.24) is 19.3 Å². The standard InChI is InChI=1S/C14H22N4O/c1-4-6-17-10-15-9-13(17)14(19)8-12-7-11(3)16-18(12)5-2/h7,9-10,14,19H,4-6,8H2,1-3H3. The first-order valence-corrected chi connectivity index (χ1v) is 6.87. The molecule has 2 rings (SSSR count). The fourth-order valence-corrected chi connectivity index (χ4v) is 2.38. The van der Waals surface area contributed by atoms with E-state index < -0.39 is 6.10 Å². The molecular formula is C14H22N4O. The summed E-state index contributed by atoms with van der Waals surface area (Å²) in [6.45, 7) is 7.86. The summed E-state index contributed by atoms with van der Waals surface area (Å²) in [6, 6.07) is 2.03. The summed E-state index contributed by atoms with van der Waals surface area (Å²) in [4.78, 5) is 4.13. The van der Waals surface area contributed by atoms with Gasteiger partial charge >= 0.3 is 0 Å². The zero-order valence-electron chi connectivity index (χ0n) is 11.9. The molecule has 1 atom stereocenters. The molecule has 2 heterocycles. The second kappa shape index (κ2) is 6.02. The van der Waals surface area contributed by atoms with Gasteiger partial charge in [0.25, 0.3) is 0 Å². The molecule has 0 spiro atoms. The Morgan fingerprint density at radius 3 is 2.84 bits per heavy atom. The van der Waals surface area contributed by atoms with Gasteiger partial charge in [-0.15, -0.1) is 0 Å². The second-order valence-electron chi connectivity index (χ2n) is 4.82. The predicted molar refractivity (Wildman–Crippen MR) is 73.8 cm³/mol. The fourth-order valence-electron chi connectivity index (χ4n) is 2.38. The van der Waals surface area contributed by atoms with Crippen LogP contribution < -0.4 is 0 Å². The maximum atomic E-state index is 10.4. The summed E-state index contributed by atoms with van der Waals surface area (Å²) < 4.78 is 3.96. The number of hydrogen-bond donors (Lipinski definition) is 1. The van der Waals surface area contributed by atoms with E-state index in [1.807, 2.05) is 22.2 Å². The minimum Gasteiger partial charge on any atom is -0.386 e. The largest absolute Gasteiger partial charge is 0.386 e. The van der Waals surface area contributed by atoms with Crippen molar-refractivity contribution in [3.05, 3.63) is 35.7 Å². The van der Waals surface area contributed by atoms with E-state index in [2.05, 4.69) is 23.9 Å². The lowest BCUT2D eigenvalue weighted by molar-refractivity contribution is 0.165. The highest BCUT2D eigenvalue weighted by molar-refractivity contribution is 5.13. The molecule has 1 N–H and O–H groups in total. The molecule has 0 radical (unpaired) electrons. The SMILES string of the molecule is CCCn1cncc1C(O)Cc1cc(C)nn1CC. The average molecular weight is 262 g/mol. The molecule has 0 bridgehead atoms. The Morgan fingerprint density at radius 2 is 2.16 bits per heavy atom. The molecule has 0 amide bonds. The fraction of sp³-hybridized carbons (Fsp3) is 0.571. The molecule has 19 heavy (non-hydrogen) atoms. The summed E-state index contributed by atoms with van der Waals surface area (Å²) in [5.74, 6) is 0. The van der Waals surface area contributed by atoms with Gasteiger partial charge in [0.05, 0.1) is 23.9 Å². The minimum atomic E-state index is -0.532. The Labute approximate surface area is 113 Å². The van der Waals surface area contributed by atoms with Crippen LogP contribution in [0.4, 0.5) is 0 Å². The number of hydrogen-bond acceptors (Lipinski definition) is 3. The van der Waals surface area contributed by atoms with Gasteiger partial charge in [0.1, 0.15) is 6.10 Å². The van der Waals surface area contributed by atoms with Crippen LogP contribution in [0, 0.1) is 6.92 Å². The van der Waals surface area contributed by atoms with Crippen molar-refractivity contribution >= 4 is 0 Å². The van der Waals surface area contributed by atoms with E-state index in [9.17, 15) is 5.11 Å². The van der Waals surface area contributed by atoms with Crippen molar-refractivity contribution < 1.29 is 5.11 Å². The van der Waals surface area contributed by atoms with Gasteiger partial charge in [0.15, 0.2) is 0 Å². The van der Waals surface area contributed by atoms with Crippen LogP contribution in [0.1, 0.15) is 43.5 Å². The highest BCUT2D eigenvalue weighted by atomic mass is 16.3. The highest BCUT2D eigenvalue weighted by Gasteiger charge is 2.16. The van der Waals surface area contributed by atoms with Crippen LogP contribution in [0.2, 0.25) is 0 Å². The number of nitrogens with zero attached hydrogens (tertiary/aromatic N) is 4. The smallest absolute Gasteiger partial charge is 0.101 e. The third-order valence-corrected chi connectivity index (χ3v) is 3.24. The third kappa shape index (κ3) is 3.04. The summed E-state index contributed by atoms with van der Waals surface area (Å²) >= 11 is 0. The van der Waals surface area contributed by atoms with Crippen molar-refractivity contribution in [2.75, 3.05) is 0 Å². The molecule has 0 fully saturated rings. The summed E-state index contributed by atoms with van der Waals surface area (Å²) in [5.41, 5.74) is 2.94. The monoisotopic (exact) mass is 262 g/mol. The summed E-state index contributed by atoms with van der Waals surface area (Å²) in [5, 5.41) is 14.8. The first kappa shape index (κ1) is 13.8. The van der Waals surface area contributed by atoms with Crippen LogP contribution in [0.15, 0.2) is 18.6 Å². The Morgan fingerprint density at radius 1 is 1.37 bits per heavy atom. The van der Waals surface area contributed by atoms with Gasteiger partial charge in [-0.05, 0) is 26.3 Å². The van der Waals surface area contributed by atoms with E-state index in [1.165, 1.54) is 0 Å². The molecule has 2 aromatic heterocycles. The maximum absolute atomic E-state index is 10.4. The van der Waals surface area contributed by atoms with Crippen molar-refractivity contribution in [3.8, 4) is 0 Å². The molecule has 1 unspecified atom stereocenters. The molecule has 0 aliphatic carbocycles. The molecule has 104 valence electrons. The minimum absolute atomic E-state index is 0.532. The van der Waals surface area contributed by atoms with Gasteiger partial charge in [-0.3, -0.25) is 4.68 Å². The van der Waals surface area contributed by atoms with Gasteiger partial charge in [-0.25, -0.2) is 4.98 Å². The molecule has 5 heteroatoms. The number of imidazole rings is 1. The van der Waals surface area contributed by atoms with E-state index in [1.54, 1.807) is 12.5 Å². The number of aliphatic hydroxyl groups excluding tert-OH is 1. The van der Waals surface area contributed by atoms with Gasteiger partial charge in [-0.1, -0.05) is 6.92 Å². The van der Waals surface area contributed by atoms with Gasteiger partial charge in [0.2, 0.25) is 0 Å². The third-order valence-electron chi connectivity index (χ3n) is 3.24. The van der Waals surface area contributed by atoms with Crippen LogP contribution in [0.3, 0.4) is 0 Å². The molecule has 0 saturated heterocycles. The number of aryl methyl sites for hydroxylation is 3. The van der Waals surface area contributed by atoms with E-state index in [0.717, 1.165) is 36.6 Å². The van der Waals surface area contributed by atoms with Crippen molar-refractivity contribution in [2.45, 2.75) is 52.8 Å². The van der Waals surface area contributed by atoms with Crippen molar-refractivity contribution in [3.63, 3.8) is 0 Å². The molecule has 0 saturated carbocycles. The lowest BCUT2D eigenvalue weighted by Gasteiger charge is -2.14. The number of aromatic nitrogens is 4. The number of rotatable bonds is 6. The van der Waals surface area contributed by atoms with E-state index in [0.29, 0.717) is 6.42 Å². The lowest BCUT2D eigenvalue weighted by Crippen LogP contribution is -2.12. The van der Waals surface area contributed by atoms with Crippen LogP contribution in [-0.4, -0.2) is 24.4 Å². The average Bonchev–Trinajstić information content (AvgIpc) is 2.96. The first-order valence-electron chi connectivity index (χ1n) is 6.87. The Bertz CT molecular complexity index is 529. The van der Waals surface area contributed by atoms with Gasteiger partial charge in [0, 0.05) is 25.2 Å². The van der Waals surface area contributed by atoms with Gasteiger partial charge < -0.3 is 9.67 Å². The molecule has 0 aliphatic rings. The molecule has 5 nitrogen and oxygen atoms in total. The Kier molecular flexibility index (Phi) is 4.37. The molecule has 0 aliphatic heterocycles. The molecule has 2 aromatic rings. The zero-order valence-corrected chi connectivity index (χ0v) is 11.9. The highest BCUT2D eigenvalue weighted by Crippen LogP contribution is 2.19. The van der Waals surface area contributed by atoms with Crippen molar-refractivity contribution in [1.29, 1.82) is 0 Å². The van der Waals surface area contributed by atoms with Crippen LogP contribution in [-0.2, 0) is 19.5 Å². The van der Waals surface area contributed by atoms with Gasteiger partial charge in [-0.2, -0.15) is 5.10 Å². The maximum Gasteiger partial charge on any atom is 0.101 e. The molecular weight excluding hydrogens is 240 g/mol. The van der Waals surface area contributed by atoms with Crippen LogP contribution >= 0.6 is 0 Å². The lowest BCUT2D eigenvalue weighted by atomic mass is 10.1. The topological polar surface area (TPSA) is 55.9 Å². The molecule has 0 aromatic carbocycles. The van der Waals surface area contributed by atoms with E-state index in [-0.39, 0.29) is 0 Å². The summed E-state index contributed by atoms with van der Waals surface area (Å²) in [7, 11) is 0. The van der Waals surface area contributed by atoms with E-state index >= 15 is 0 Å². The van der Waals surface area contributed by atoms with Crippen LogP contribution in [0.25, 0.3) is 0 Å². The van der Waals surface area contributed by atoms with Crippen LogP contribution in [0.5, 0.6) is 0 Å².